The Bertz CT molecular complexity index is 728. The minimum Gasteiger partial charge on any atom is -0.489 e. The molecule has 2 aromatic rings. The zero-order chi connectivity index (χ0) is 17.0. The first-order chi connectivity index (χ1) is 10.9. The molecule has 0 heterocycles. The number of carbonyl (C=O) groups excluding carboxylic acids is 1. The van der Waals surface area contributed by atoms with Crippen molar-refractivity contribution in [2.24, 2.45) is 0 Å². The SMILES string of the molecule is COC(=O)Sc1cccc(Cl)c1COc1cc(C)c(C)cc1C. The number of ether oxygens (including phenoxy) is 2. The van der Waals surface area contributed by atoms with Gasteiger partial charge in [-0.1, -0.05) is 23.7 Å². The fraction of sp³-hybridized carbons (Fsp3) is 0.278. The molecule has 0 spiro atoms. The molecule has 0 aromatic heterocycles. The van der Waals surface area contributed by atoms with Crippen molar-refractivity contribution in [3.8, 4) is 5.75 Å². The molecule has 0 amide bonds. The van der Waals surface area contributed by atoms with Gasteiger partial charge in [0.25, 0.3) is 0 Å². The Morgan fingerprint density at radius 1 is 1.13 bits per heavy atom. The molecule has 23 heavy (non-hydrogen) atoms. The maximum atomic E-state index is 11.5. The molecular formula is C18H19ClO3S. The van der Waals surface area contributed by atoms with Crippen LogP contribution in [0.3, 0.4) is 0 Å². The smallest absolute Gasteiger partial charge is 0.371 e. The Labute approximate surface area is 145 Å². The van der Waals surface area contributed by atoms with Crippen molar-refractivity contribution in [2.75, 3.05) is 7.11 Å². The van der Waals surface area contributed by atoms with Crippen molar-refractivity contribution in [1.82, 2.24) is 0 Å². The molecule has 0 N–H and O–H groups in total. The van der Waals surface area contributed by atoms with E-state index in [4.69, 9.17) is 21.1 Å². The fourth-order valence-electron chi connectivity index (χ4n) is 2.15. The predicted octanol–water partition coefficient (Wildman–Crippen LogP) is 5.70. The first-order valence-corrected chi connectivity index (χ1v) is 8.35. The predicted molar refractivity (Wildman–Crippen MR) is 94.7 cm³/mol. The zero-order valence-corrected chi connectivity index (χ0v) is 15.2. The number of carbonyl (C=O) groups is 1. The summed E-state index contributed by atoms with van der Waals surface area (Å²) in [4.78, 5) is 12.3. The van der Waals surface area contributed by atoms with E-state index in [1.165, 1.54) is 18.2 Å². The maximum absolute atomic E-state index is 11.5. The van der Waals surface area contributed by atoms with Crippen molar-refractivity contribution in [3.63, 3.8) is 0 Å². The van der Waals surface area contributed by atoms with Crippen molar-refractivity contribution < 1.29 is 14.3 Å². The highest BCUT2D eigenvalue weighted by Crippen LogP contribution is 2.31. The zero-order valence-electron chi connectivity index (χ0n) is 13.6. The highest BCUT2D eigenvalue weighted by atomic mass is 35.5. The number of aryl methyl sites for hydroxylation is 3. The van der Waals surface area contributed by atoms with Crippen LogP contribution in [-0.2, 0) is 11.3 Å². The first kappa shape index (κ1) is 17.7. The summed E-state index contributed by atoms with van der Waals surface area (Å²) in [6, 6.07) is 9.54. The Hall–Kier alpha value is -1.65. The minimum absolute atomic E-state index is 0.294. The second-order valence-corrected chi connectivity index (χ2v) is 6.65. The van der Waals surface area contributed by atoms with Gasteiger partial charge in [-0.3, -0.25) is 0 Å². The Morgan fingerprint density at radius 2 is 1.83 bits per heavy atom. The van der Waals surface area contributed by atoms with E-state index in [0.717, 1.165) is 33.5 Å². The van der Waals surface area contributed by atoms with E-state index in [2.05, 4.69) is 19.9 Å². The minimum atomic E-state index is -0.379. The van der Waals surface area contributed by atoms with Gasteiger partial charge in [-0.2, -0.15) is 0 Å². The topological polar surface area (TPSA) is 35.5 Å². The number of thioether (sulfide) groups is 1. The lowest BCUT2D eigenvalue weighted by Gasteiger charge is -2.14. The van der Waals surface area contributed by atoms with Gasteiger partial charge in [0.15, 0.2) is 0 Å². The molecule has 0 atom stereocenters. The van der Waals surface area contributed by atoms with Gasteiger partial charge < -0.3 is 9.47 Å². The quantitative estimate of drug-likeness (QED) is 0.523. The van der Waals surface area contributed by atoms with E-state index in [0.29, 0.717) is 11.6 Å². The van der Waals surface area contributed by atoms with Gasteiger partial charge in [0.05, 0.1) is 7.11 Å². The second kappa shape index (κ2) is 7.75. The van der Waals surface area contributed by atoms with Gasteiger partial charge in [0.2, 0.25) is 0 Å². The molecule has 2 aromatic carbocycles. The lowest BCUT2D eigenvalue weighted by atomic mass is 10.1. The average Bonchev–Trinajstić information content (AvgIpc) is 2.51. The van der Waals surface area contributed by atoms with Crippen LogP contribution >= 0.6 is 23.4 Å². The van der Waals surface area contributed by atoms with Crippen LogP contribution in [0.15, 0.2) is 35.2 Å². The Balaban J connectivity index is 2.23. The summed E-state index contributed by atoms with van der Waals surface area (Å²) in [5, 5.41) is 0.191. The Kier molecular flexibility index (Phi) is 5.97. The van der Waals surface area contributed by atoms with Gasteiger partial charge in [0.1, 0.15) is 12.4 Å². The molecule has 2 rings (SSSR count). The van der Waals surface area contributed by atoms with Crippen molar-refractivity contribution in [3.05, 3.63) is 57.6 Å². The summed E-state index contributed by atoms with van der Waals surface area (Å²) in [6.07, 6.45) is 0. The van der Waals surface area contributed by atoms with Crippen LogP contribution in [0.5, 0.6) is 5.75 Å². The highest BCUT2D eigenvalue weighted by Gasteiger charge is 2.13. The van der Waals surface area contributed by atoms with E-state index in [1.807, 2.05) is 19.1 Å². The fourth-order valence-corrected chi connectivity index (χ4v) is 3.13. The summed E-state index contributed by atoms with van der Waals surface area (Å²) < 4.78 is 10.6. The summed E-state index contributed by atoms with van der Waals surface area (Å²) in [5.41, 5.74) is 4.26. The number of halogens is 1. The molecule has 0 aliphatic carbocycles. The number of benzene rings is 2. The largest absolute Gasteiger partial charge is 0.489 e. The summed E-state index contributed by atoms with van der Waals surface area (Å²) in [5.74, 6) is 0.821. The van der Waals surface area contributed by atoms with Crippen LogP contribution < -0.4 is 4.74 Å². The van der Waals surface area contributed by atoms with Crippen molar-refractivity contribution in [1.29, 1.82) is 0 Å². The van der Waals surface area contributed by atoms with Gasteiger partial charge in [-0.25, -0.2) is 4.79 Å². The molecule has 0 fully saturated rings. The average molecular weight is 351 g/mol. The first-order valence-electron chi connectivity index (χ1n) is 7.16. The van der Waals surface area contributed by atoms with Gasteiger partial charge in [0, 0.05) is 15.5 Å². The molecule has 3 nitrogen and oxygen atoms in total. The normalized spacial score (nSPS) is 10.5. The third-order valence-electron chi connectivity index (χ3n) is 3.60. The van der Waals surface area contributed by atoms with E-state index < -0.39 is 0 Å². The summed E-state index contributed by atoms with van der Waals surface area (Å²) >= 11 is 7.28. The third kappa shape index (κ3) is 4.43. The number of hydrogen-bond donors (Lipinski definition) is 0. The van der Waals surface area contributed by atoms with E-state index >= 15 is 0 Å². The molecule has 0 aliphatic heterocycles. The lowest BCUT2D eigenvalue weighted by molar-refractivity contribution is 0.200. The molecule has 0 saturated heterocycles. The molecule has 0 bridgehead atoms. The molecule has 0 radical (unpaired) electrons. The van der Waals surface area contributed by atoms with Crippen LogP contribution in [0.1, 0.15) is 22.3 Å². The number of methoxy groups -OCH3 is 1. The molecule has 5 heteroatoms. The monoisotopic (exact) mass is 350 g/mol. The molecule has 122 valence electrons. The third-order valence-corrected chi connectivity index (χ3v) is 4.89. The standard InChI is InChI=1S/C18H19ClO3S/c1-11-8-13(3)16(9-12(11)2)22-10-14-15(19)6-5-7-17(14)23-18(20)21-4/h5-9H,10H2,1-4H3. The van der Waals surface area contributed by atoms with Gasteiger partial charge >= 0.3 is 5.30 Å². The molecular weight excluding hydrogens is 332 g/mol. The summed E-state index contributed by atoms with van der Waals surface area (Å²) in [7, 11) is 1.36. The maximum Gasteiger partial charge on any atom is 0.371 e. The van der Waals surface area contributed by atoms with Crippen LogP contribution in [0.25, 0.3) is 0 Å². The van der Waals surface area contributed by atoms with Gasteiger partial charge in [-0.15, -0.1) is 0 Å². The molecule has 0 unspecified atom stereocenters. The van der Waals surface area contributed by atoms with Crippen LogP contribution in [-0.4, -0.2) is 12.4 Å². The second-order valence-electron chi connectivity index (χ2n) is 5.26. The van der Waals surface area contributed by atoms with E-state index in [1.54, 1.807) is 12.1 Å². The van der Waals surface area contributed by atoms with Gasteiger partial charge in [-0.05, 0) is 67.4 Å². The van der Waals surface area contributed by atoms with Crippen molar-refractivity contribution >= 4 is 28.7 Å². The Morgan fingerprint density at radius 3 is 2.52 bits per heavy atom. The van der Waals surface area contributed by atoms with E-state index in [-0.39, 0.29) is 5.30 Å². The number of rotatable bonds is 4. The molecule has 0 saturated carbocycles. The van der Waals surface area contributed by atoms with Crippen LogP contribution in [0.2, 0.25) is 5.02 Å². The lowest BCUT2D eigenvalue weighted by Crippen LogP contribution is -2.02. The van der Waals surface area contributed by atoms with Crippen molar-refractivity contribution in [2.45, 2.75) is 32.3 Å². The van der Waals surface area contributed by atoms with Crippen LogP contribution in [0, 0.1) is 20.8 Å². The highest BCUT2D eigenvalue weighted by molar-refractivity contribution is 8.13. The summed E-state index contributed by atoms with van der Waals surface area (Å²) in [6.45, 7) is 6.43. The number of hydrogen-bond acceptors (Lipinski definition) is 4. The van der Waals surface area contributed by atoms with E-state index in [9.17, 15) is 4.79 Å². The van der Waals surface area contributed by atoms with Crippen LogP contribution in [0.4, 0.5) is 4.79 Å². The molecule has 0 aliphatic rings.